The minimum Gasteiger partial charge on any atom is -0.507 e. The number of anilines is 1. The second-order valence-corrected chi connectivity index (χ2v) is 9.82. The standard InChI is InChI=1S/C30H24N10O2/c1-18-28-20-16-22(19-6-2-3-7-24(19)41)36-37-29(20)34-21(28)10-15-39(18)26-9-13-31-25(35-26)8-4-11-33-30(42)23-17-27-32-12-5-14-40(27)38-23/h2-3,5-7,9,12-14,16-18,41H,10-11,15H2,1H3,(H,33,42)(H,34,37). The Morgan fingerprint density at radius 2 is 2.05 bits per heavy atom. The molecule has 1 unspecified atom stereocenters. The van der Waals surface area contributed by atoms with Gasteiger partial charge < -0.3 is 20.3 Å². The van der Waals surface area contributed by atoms with Crippen molar-refractivity contribution in [1.82, 2.24) is 45.1 Å². The highest BCUT2D eigenvalue weighted by Gasteiger charge is 2.29. The molecule has 42 heavy (non-hydrogen) atoms. The molecule has 1 aliphatic rings. The lowest BCUT2D eigenvalue weighted by molar-refractivity contribution is 0.0953. The number of hydrogen-bond donors (Lipinski definition) is 3. The average molecular weight is 557 g/mol. The summed E-state index contributed by atoms with van der Waals surface area (Å²) in [6, 6.07) is 14.3. The van der Waals surface area contributed by atoms with Gasteiger partial charge in [-0.15, -0.1) is 10.2 Å². The monoisotopic (exact) mass is 556 g/mol. The van der Waals surface area contributed by atoms with Gasteiger partial charge in [-0.3, -0.25) is 4.79 Å². The van der Waals surface area contributed by atoms with Crippen LogP contribution in [0, 0.1) is 11.8 Å². The van der Waals surface area contributed by atoms with E-state index in [9.17, 15) is 9.90 Å². The van der Waals surface area contributed by atoms with Crippen molar-refractivity contribution in [3.8, 4) is 28.8 Å². The molecular formula is C30H24N10O2. The SMILES string of the molecule is CC1c2c([nH]c3nnc(-c4ccccc4O)cc23)CCN1c1ccnc(C#CCNC(=O)c2cc3ncccn3n2)n1. The minimum absolute atomic E-state index is 0.0150. The van der Waals surface area contributed by atoms with Gasteiger partial charge >= 0.3 is 0 Å². The molecule has 3 N–H and O–H groups in total. The molecule has 206 valence electrons. The van der Waals surface area contributed by atoms with Gasteiger partial charge in [0.15, 0.2) is 17.0 Å². The Morgan fingerprint density at radius 3 is 2.93 bits per heavy atom. The van der Waals surface area contributed by atoms with Crippen LogP contribution in [-0.2, 0) is 6.42 Å². The number of benzene rings is 1. The summed E-state index contributed by atoms with van der Waals surface area (Å²) in [6.07, 6.45) is 5.84. The van der Waals surface area contributed by atoms with E-state index >= 15 is 0 Å². The number of aromatic hydroxyl groups is 1. The zero-order valence-electron chi connectivity index (χ0n) is 22.5. The number of carbonyl (C=O) groups is 1. The van der Waals surface area contributed by atoms with Gasteiger partial charge in [-0.05, 0) is 43.2 Å². The summed E-state index contributed by atoms with van der Waals surface area (Å²) >= 11 is 0. The Balaban J connectivity index is 1.09. The van der Waals surface area contributed by atoms with Crippen molar-refractivity contribution in [2.75, 3.05) is 18.0 Å². The third-order valence-corrected chi connectivity index (χ3v) is 7.29. The molecule has 0 spiro atoms. The summed E-state index contributed by atoms with van der Waals surface area (Å²) < 4.78 is 1.54. The van der Waals surface area contributed by atoms with Crippen LogP contribution in [0.4, 0.5) is 5.82 Å². The molecule has 6 heterocycles. The second kappa shape index (κ2) is 10.3. The van der Waals surface area contributed by atoms with E-state index in [-0.39, 0.29) is 29.9 Å². The Morgan fingerprint density at radius 1 is 1.14 bits per heavy atom. The first-order valence-corrected chi connectivity index (χ1v) is 13.4. The molecule has 5 aromatic heterocycles. The quantitative estimate of drug-likeness (QED) is 0.278. The van der Waals surface area contributed by atoms with Crippen LogP contribution >= 0.6 is 0 Å². The number of nitrogens with one attached hydrogen (secondary N) is 2. The van der Waals surface area contributed by atoms with E-state index in [0.717, 1.165) is 35.4 Å². The Hall–Kier alpha value is -5.83. The third-order valence-electron chi connectivity index (χ3n) is 7.29. The highest BCUT2D eigenvalue weighted by Crippen LogP contribution is 2.38. The molecular weight excluding hydrogens is 532 g/mol. The maximum Gasteiger partial charge on any atom is 0.272 e. The summed E-state index contributed by atoms with van der Waals surface area (Å²) in [7, 11) is 0. The Kier molecular flexibility index (Phi) is 6.16. The highest BCUT2D eigenvalue weighted by molar-refractivity contribution is 5.93. The van der Waals surface area contributed by atoms with E-state index in [0.29, 0.717) is 28.4 Å². The molecule has 0 saturated heterocycles. The van der Waals surface area contributed by atoms with E-state index in [1.807, 2.05) is 24.3 Å². The Labute approximate surface area is 239 Å². The number of para-hydroxylation sites is 1. The van der Waals surface area contributed by atoms with Crippen molar-refractivity contribution < 1.29 is 9.90 Å². The maximum atomic E-state index is 12.5. The lowest BCUT2D eigenvalue weighted by Crippen LogP contribution is -2.34. The van der Waals surface area contributed by atoms with Crippen molar-refractivity contribution in [3.05, 3.63) is 89.9 Å². The molecule has 0 aliphatic carbocycles. The lowest BCUT2D eigenvalue weighted by atomic mass is 9.97. The van der Waals surface area contributed by atoms with Crippen molar-refractivity contribution in [1.29, 1.82) is 0 Å². The molecule has 1 atom stereocenters. The first-order chi connectivity index (χ1) is 20.5. The lowest BCUT2D eigenvalue weighted by Gasteiger charge is -2.34. The number of hydrogen-bond acceptors (Lipinski definition) is 9. The third kappa shape index (κ3) is 4.52. The normalized spacial score (nSPS) is 14.4. The van der Waals surface area contributed by atoms with Crippen molar-refractivity contribution in [2.45, 2.75) is 19.4 Å². The van der Waals surface area contributed by atoms with E-state index in [1.165, 1.54) is 0 Å². The van der Waals surface area contributed by atoms with E-state index in [2.05, 4.69) is 59.2 Å². The van der Waals surface area contributed by atoms with Crippen LogP contribution < -0.4 is 10.2 Å². The number of H-pyrrole nitrogens is 1. The summed E-state index contributed by atoms with van der Waals surface area (Å²) in [4.78, 5) is 31.3. The van der Waals surface area contributed by atoms with Gasteiger partial charge in [-0.1, -0.05) is 18.1 Å². The molecule has 12 nitrogen and oxygen atoms in total. The van der Waals surface area contributed by atoms with Crippen LogP contribution in [0.15, 0.2) is 67.1 Å². The van der Waals surface area contributed by atoms with Gasteiger partial charge in [0.1, 0.15) is 11.6 Å². The fourth-order valence-corrected chi connectivity index (χ4v) is 5.30. The number of aromatic nitrogens is 8. The topological polar surface area (TPSA) is 150 Å². The van der Waals surface area contributed by atoms with Gasteiger partial charge in [-0.25, -0.2) is 19.5 Å². The smallest absolute Gasteiger partial charge is 0.272 e. The maximum absolute atomic E-state index is 12.5. The number of phenols is 1. The zero-order valence-corrected chi connectivity index (χ0v) is 22.5. The van der Waals surface area contributed by atoms with Gasteiger partial charge in [0, 0.05) is 59.8 Å². The molecule has 0 saturated carbocycles. The molecule has 6 aromatic rings. The summed E-state index contributed by atoms with van der Waals surface area (Å²) in [6.45, 7) is 2.99. The van der Waals surface area contributed by atoms with Crippen LogP contribution in [0.2, 0.25) is 0 Å². The van der Waals surface area contributed by atoms with Crippen LogP contribution in [0.1, 0.15) is 40.5 Å². The van der Waals surface area contributed by atoms with Crippen molar-refractivity contribution in [3.63, 3.8) is 0 Å². The van der Waals surface area contributed by atoms with Gasteiger partial charge in [0.2, 0.25) is 5.82 Å². The molecule has 0 radical (unpaired) electrons. The molecule has 1 aliphatic heterocycles. The molecule has 0 bridgehead atoms. The number of aromatic amines is 1. The molecule has 7 rings (SSSR count). The molecule has 12 heteroatoms. The van der Waals surface area contributed by atoms with Crippen LogP contribution in [-0.4, -0.2) is 63.9 Å². The zero-order chi connectivity index (χ0) is 28.6. The van der Waals surface area contributed by atoms with Crippen LogP contribution in [0.25, 0.3) is 27.9 Å². The second-order valence-electron chi connectivity index (χ2n) is 9.82. The van der Waals surface area contributed by atoms with Crippen LogP contribution in [0.5, 0.6) is 5.75 Å². The van der Waals surface area contributed by atoms with E-state index in [4.69, 9.17) is 4.98 Å². The van der Waals surface area contributed by atoms with Crippen molar-refractivity contribution in [2.24, 2.45) is 0 Å². The fraction of sp³-hybridized carbons (Fsp3) is 0.167. The van der Waals surface area contributed by atoms with Gasteiger partial charge in [0.25, 0.3) is 5.91 Å². The van der Waals surface area contributed by atoms with Crippen molar-refractivity contribution >= 4 is 28.4 Å². The van der Waals surface area contributed by atoms with E-state index < -0.39 is 0 Å². The molecule has 0 fully saturated rings. The molecule has 1 aromatic carbocycles. The predicted molar refractivity (Wildman–Crippen MR) is 155 cm³/mol. The van der Waals surface area contributed by atoms with Gasteiger partial charge in [0.05, 0.1) is 18.3 Å². The predicted octanol–water partition coefficient (Wildman–Crippen LogP) is 3.07. The first-order valence-electron chi connectivity index (χ1n) is 13.4. The Bertz CT molecular complexity index is 2000. The van der Waals surface area contributed by atoms with E-state index in [1.54, 1.807) is 47.4 Å². The average Bonchev–Trinajstić information content (AvgIpc) is 3.62. The number of nitrogens with zero attached hydrogens (tertiary/aromatic N) is 8. The number of amides is 1. The number of phenolic OH excluding ortho intramolecular Hbond substituents is 1. The fourth-order valence-electron chi connectivity index (χ4n) is 5.30. The number of carbonyl (C=O) groups excluding carboxylic acids is 1. The largest absolute Gasteiger partial charge is 0.507 e. The highest BCUT2D eigenvalue weighted by atomic mass is 16.3. The minimum atomic E-state index is -0.337. The summed E-state index contributed by atoms with van der Waals surface area (Å²) in [5.41, 5.74) is 5.05. The summed E-state index contributed by atoms with van der Waals surface area (Å²) in [5.74, 6) is 6.81. The summed E-state index contributed by atoms with van der Waals surface area (Å²) in [5, 5.41) is 27.0. The first kappa shape index (κ1) is 25.2. The molecule has 1 amide bonds. The van der Waals surface area contributed by atoms with Crippen LogP contribution in [0.3, 0.4) is 0 Å². The van der Waals surface area contributed by atoms with Gasteiger partial charge in [-0.2, -0.15) is 5.10 Å². The number of fused-ring (bicyclic) bond motifs is 4. The number of rotatable bonds is 4.